The third-order valence-corrected chi connectivity index (χ3v) is 3.50. The van der Waals surface area contributed by atoms with E-state index in [1.807, 2.05) is 0 Å². The molecule has 3 N–H and O–H groups in total. The predicted molar refractivity (Wildman–Crippen MR) is 81.4 cm³/mol. The van der Waals surface area contributed by atoms with Gasteiger partial charge in [-0.1, -0.05) is 19.9 Å². The molecule has 0 aliphatic rings. The maximum atomic E-state index is 11.4. The van der Waals surface area contributed by atoms with E-state index in [0.717, 1.165) is 12.8 Å². The van der Waals surface area contributed by atoms with Crippen molar-refractivity contribution in [3.8, 4) is 0 Å². The van der Waals surface area contributed by atoms with E-state index >= 15 is 0 Å². The topological polar surface area (TPSA) is 75.8 Å². The van der Waals surface area contributed by atoms with Gasteiger partial charge in [0, 0.05) is 19.7 Å². The highest BCUT2D eigenvalue weighted by molar-refractivity contribution is 5.98. The van der Waals surface area contributed by atoms with E-state index in [0.29, 0.717) is 24.5 Å². The summed E-state index contributed by atoms with van der Waals surface area (Å²) in [6, 6.07) is 5.25. The number of carbonyl (C=O) groups is 1. The Bertz CT molecular complexity index is 445. The van der Waals surface area contributed by atoms with Gasteiger partial charge < -0.3 is 20.5 Å². The molecule has 0 radical (unpaired) electrons. The maximum absolute atomic E-state index is 11.4. The summed E-state index contributed by atoms with van der Waals surface area (Å²) in [5, 5.41) is 9.38. The first kappa shape index (κ1) is 16.3. The standard InChI is InChI=1S/C15H24N2O3/c1-4-11(5-2)17(9-10-20-3)14-12(15(18)19)7-6-8-13(14)16/h6-8,11H,4-5,9-10,16H2,1-3H3,(H,18,19). The Labute approximate surface area is 120 Å². The molecule has 0 aliphatic carbocycles. The van der Waals surface area contributed by atoms with E-state index < -0.39 is 5.97 Å². The summed E-state index contributed by atoms with van der Waals surface area (Å²) in [5.41, 5.74) is 7.37. The fourth-order valence-corrected chi connectivity index (χ4v) is 2.45. The number of aromatic carboxylic acids is 1. The molecular weight excluding hydrogens is 256 g/mol. The lowest BCUT2D eigenvalue weighted by Crippen LogP contribution is -2.38. The number of carboxylic acid groups (broad SMARTS) is 1. The zero-order chi connectivity index (χ0) is 15.1. The molecule has 1 aromatic rings. The van der Waals surface area contributed by atoms with Gasteiger partial charge in [-0.05, 0) is 25.0 Å². The number of hydrogen-bond acceptors (Lipinski definition) is 4. The van der Waals surface area contributed by atoms with E-state index in [-0.39, 0.29) is 11.6 Å². The van der Waals surface area contributed by atoms with Gasteiger partial charge in [0.25, 0.3) is 0 Å². The Morgan fingerprint density at radius 2 is 2.05 bits per heavy atom. The van der Waals surface area contributed by atoms with Crippen molar-refractivity contribution in [3.05, 3.63) is 23.8 Å². The number of anilines is 2. The van der Waals surface area contributed by atoms with Gasteiger partial charge in [0.1, 0.15) is 0 Å². The van der Waals surface area contributed by atoms with Gasteiger partial charge in [-0.25, -0.2) is 4.79 Å². The molecule has 0 aliphatic heterocycles. The number of methoxy groups -OCH3 is 1. The van der Waals surface area contributed by atoms with Crippen molar-refractivity contribution in [2.45, 2.75) is 32.7 Å². The molecule has 0 aromatic heterocycles. The smallest absolute Gasteiger partial charge is 0.337 e. The number of nitrogen functional groups attached to an aromatic ring is 1. The second-order valence-corrected chi connectivity index (χ2v) is 4.71. The van der Waals surface area contributed by atoms with E-state index in [1.54, 1.807) is 25.3 Å². The number of nitrogens with zero attached hydrogens (tertiary/aromatic N) is 1. The van der Waals surface area contributed by atoms with Crippen LogP contribution in [0.25, 0.3) is 0 Å². The molecule has 0 heterocycles. The number of para-hydroxylation sites is 1. The van der Waals surface area contributed by atoms with Gasteiger partial charge in [0.2, 0.25) is 0 Å². The molecule has 20 heavy (non-hydrogen) atoms. The molecule has 0 atom stereocenters. The summed E-state index contributed by atoms with van der Waals surface area (Å²) >= 11 is 0. The third kappa shape index (κ3) is 3.63. The maximum Gasteiger partial charge on any atom is 0.337 e. The number of nitrogens with two attached hydrogens (primary N) is 1. The van der Waals surface area contributed by atoms with Crippen LogP contribution in [-0.2, 0) is 4.74 Å². The van der Waals surface area contributed by atoms with Gasteiger partial charge in [-0.3, -0.25) is 0 Å². The monoisotopic (exact) mass is 280 g/mol. The first-order valence-electron chi connectivity index (χ1n) is 6.94. The molecule has 0 amide bonds. The second kappa shape index (κ2) is 7.75. The molecule has 5 heteroatoms. The van der Waals surface area contributed by atoms with Crippen molar-refractivity contribution >= 4 is 17.3 Å². The lowest BCUT2D eigenvalue weighted by Gasteiger charge is -2.34. The number of hydrogen-bond donors (Lipinski definition) is 2. The Kier molecular flexibility index (Phi) is 6.31. The normalized spacial score (nSPS) is 10.8. The summed E-state index contributed by atoms with van der Waals surface area (Å²) in [7, 11) is 1.64. The molecule has 0 unspecified atom stereocenters. The van der Waals surface area contributed by atoms with Gasteiger partial charge >= 0.3 is 5.97 Å². The van der Waals surface area contributed by atoms with Crippen LogP contribution in [0.1, 0.15) is 37.0 Å². The zero-order valence-corrected chi connectivity index (χ0v) is 12.4. The van der Waals surface area contributed by atoms with Crippen LogP contribution in [0.5, 0.6) is 0 Å². The van der Waals surface area contributed by atoms with Crippen LogP contribution in [0.4, 0.5) is 11.4 Å². The van der Waals surface area contributed by atoms with Gasteiger partial charge in [-0.15, -0.1) is 0 Å². The first-order valence-corrected chi connectivity index (χ1v) is 6.94. The molecule has 1 rings (SSSR count). The largest absolute Gasteiger partial charge is 0.478 e. The van der Waals surface area contributed by atoms with Crippen LogP contribution in [0.3, 0.4) is 0 Å². The SMILES string of the molecule is CCC(CC)N(CCOC)c1c(N)cccc1C(=O)O. The number of carboxylic acids is 1. The minimum absolute atomic E-state index is 0.243. The Morgan fingerprint density at radius 3 is 2.55 bits per heavy atom. The van der Waals surface area contributed by atoms with Crippen molar-refractivity contribution in [1.29, 1.82) is 0 Å². The molecule has 1 aromatic carbocycles. The van der Waals surface area contributed by atoms with Crippen LogP contribution >= 0.6 is 0 Å². The van der Waals surface area contributed by atoms with Crippen LogP contribution in [0.2, 0.25) is 0 Å². The molecular formula is C15H24N2O3. The summed E-state index contributed by atoms with van der Waals surface area (Å²) < 4.78 is 5.14. The highest BCUT2D eigenvalue weighted by atomic mass is 16.5. The van der Waals surface area contributed by atoms with E-state index in [9.17, 15) is 9.90 Å². The molecule has 112 valence electrons. The van der Waals surface area contributed by atoms with E-state index in [4.69, 9.17) is 10.5 Å². The minimum atomic E-state index is -0.958. The minimum Gasteiger partial charge on any atom is -0.478 e. The molecule has 0 bridgehead atoms. The van der Waals surface area contributed by atoms with E-state index in [1.165, 1.54) is 0 Å². The number of ether oxygens (including phenoxy) is 1. The van der Waals surface area contributed by atoms with Crippen LogP contribution in [-0.4, -0.2) is 37.4 Å². The van der Waals surface area contributed by atoms with Crippen LogP contribution in [0.15, 0.2) is 18.2 Å². The third-order valence-electron chi connectivity index (χ3n) is 3.50. The summed E-state index contributed by atoms with van der Waals surface area (Å²) in [5.74, 6) is -0.958. The molecule has 0 saturated carbocycles. The molecule has 0 saturated heterocycles. The zero-order valence-electron chi connectivity index (χ0n) is 12.4. The molecule has 0 spiro atoms. The Morgan fingerprint density at radius 1 is 1.40 bits per heavy atom. The highest BCUT2D eigenvalue weighted by Gasteiger charge is 2.23. The van der Waals surface area contributed by atoms with Crippen molar-refractivity contribution in [1.82, 2.24) is 0 Å². The summed E-state index contributed by atoms with van der Waals surface area (Å²) in [6.07, 6.45) is 1.85. The lowest BCUT2D eigenvalue weighted by molar-refractivity contribution is 0.0697. The van der Waals surface area contributed by atoms with Crippen molar-refractivity contribution < 1.29 is 14.6 Å². The van der Waals surface area contributed by atoms with E-state index in [2.05, 4.69) is 18.7 Å². The van der Waals surface area contributed by atoms with Gasteiger partial charge in [-0.2, -0.15) is 0 Å². The van der Waals surface area contributed by atoms with Crippen LogP contribution in [0, 0.1) is 0 Å². The second-order valence-electron chi connectivity index (χ2n) is 4.71. The quantitative estimate of drug-likeness (QED) is 0.716. The average molecular weight is 280 g/mol. The number of benzene rings is 1. The summed E-state index contributed by atoms with van der Waals surface area (Å²) in [4.78, 5) is 13.5. The van der Waals surface area contributed by atoms with Gasteiger partial charge in [0.05, 0.1) is 23.5 Å². The average Bonchev–Trinajstić information content (AvgIpc) is 2.43. The molecule has 5 nitrogen and oxygen atoms in total. The van der Waals surface area contributed by atoms with Crippen molar-refractivity contribution in [3.63, 3.8) is 0 Å². The summed E-state index contributed by atoms with van der Waals surface area (Å²) in [6.45, 7) is 5.34. The Hall–Kier alpha value is -1.75. The van der Waals surface area contributed by atoms with Crippen molar-refractivity contribution in [2.75, 3.05) is 30.9 Å². The molecule has 0 fully saturated rings. The number of rotatable bonds is 8. The lowest BCUT2D eigenvalue weighted by atomic mass is 10.0. The fourth-order valence-electron chi connectivity index (χ4n) is 2.45. The Balaban J connectivity index is 3.28. The van der Waals surface area contributed by atoms with Crippen LogP contribution < -0.4 is 10.6 Å². The van der Waals surface area contributed by atoms with Gasteiger partial charge in [0.15, 0.2) is 0 Å². The highest BCUT2D eigenvalue weighted by Crippen LogP contribution is 2.31. The fraction of sp³-hybridized carbons (Fsp3) is 0.533. The predicted octanol–water partition coefficient (Wildman–Crippen LogP) is 2.61. The first-order chi connectivity index (χ1) is 9.56. The van der Waals surface area contributed by atoms with Crippen molar-refractivity contribution in [2.24, 2.45) is 0 Å².